The molecule has 108 valence electrons. The first-order valence-corrected chi connectivity index (χ1v) is 6.56. The van der Waals surface area contributed by atoms with E-state index >= 15 is 0 Å². The average molecular weight is 295 g/mol. The summed E-state index contributed by atoms with van der Waals surface area (Å²) in [7, 11) is 0. The highest BCUT2D eigenvalue weighted by Gasteiger charge is 2.19. The van der Waals surface area contributed by atoms with Gasteiger partial charge >= 0.3 is 0 Å². The number of hydrogen-bond donors (Lipinski definition) is 0. The summed E-state index contributed by atoms with van der Waals surface area (Å²) in [5.74, 6) is 0.777. The fourth-order valence-electron chi connectivity index (χ4n) is 2.39. The molecule has 0 aliphatic carbocycles. The van der Waals surface area contributed by atoms with E-state index in [1.165, 1.54) is 29.7 Å². The lowest BCUT2D eigenvalue weighted by atomic mass is 10.1. The summed E-state index contributed by atoms with van der Waals surface area (Å²) in [6.45, 7) is 1.80. The Labute approximate surface area is 124 Å². The Morgan fingerprint density at radius 1 is 1.09 bits per heavy atom. The quantitative estimate of drug-likeness (QED) is 0.564. The molecule has 0 N–H and O–H groups in total. The standard InChI is InChI=1S/C14H10FN7/c1-9-20-12(10-4-2-3-5-11(10)15)13-14(17-7-19-22(9)13)21-8-16-6-18-21/h2-8H,1H3. The molecule has 4 rings (SSSR count). The monoisotopic (exact) mass is 295 g/mol. The average Bonchev–Trinajstić information content (AvgIpc) is 3.16. The fraction of sp³-hybridized carbons (Fsp3) is 0.0714. The van der Waals surface area contributed by atoms with Crippen LogP contribution in [0.25, 0.3) is 22.6 Å². The molecule has 0 aliphatic heterocycles. The fourth-order valence-corrected chi connectivity index (χ4v) is 2.39. The van der Waals surface area contributed by atoms with Crippen molar-refractivity contribution in [3.05, 3.63) is 54.9 Å². The molecule has 8 heteroatoms. The van der Waals surface area contributed by atoms with Crippen molar-refractivity contribution in [1.82, 2.24) is 34.3 Å². The van der Waals surface area contributed by atoms with E-state index in [0.717, 1.165) is 0 Å². The molecule has 0 amide bonds. The molecule has 3 aromatic heterocycles. The van der Waals surface area contributed by atoms with Crippen LogP contribution in [0.15, 0.2) is 43.2 Å². The van der Waals surface area contributed by atoms with Gasteiger partial charge in [0.1, 0.15) is 41.8 Å². The van der Waals surface area contributed by atoms with E-state index in [2.05, 4.69) is 25.1 Å². The van der Waals surface area contributed by atoms with Gasteiger partial charge < -0.3 is 0 Å². The predicted octanol–water partition coefficient (Wildman–Crippen LogP) is 1.82. The van der Waals surface area contributed by atoms with Crippen LogP contribution in [0, 0.1) is 12.7 Å². The summed E-state index contributed by atoms with van der Waals surface area (Å²) in [4.78, 5) is 12.6. The number of benzene rings is 1. The third-order valence-corrected chi connectivity index (χ3v) is 3.34. The molecule has 0 aliphatic rings. The number of aromatic nitrogens is 7. The highest BCUT2D eigenvalue weighted by molar-refractivity contribution is 5.82. The zero-order chi connectivity index (χ0) is 15.1. The Morgan fingerprint density at radius 2 is 1.95 bits per heavy atom. The van der Waals surface area contributed by atoms with Crippen molar-refractivity contribution in [2.24, 2.45) is 0 Å². The van der Waals surface area contributed by atoms with Gasteiger partial charge in [0.25, 0.3) is 0 Å². The van der Waals surface area contributed by atoms with Crippen LogP contribution in [0.4, 0.5) is 4.39 Å². The van der Waals surface area contributed by atoms with Gasteiger partial charge in [-0.1, -0.05) is 12.1 Å². The highest BCUT2D eigenvalue weighted by atomic mass is 19.1. The second-order valence-electron chi connectivity index (χ2n) is 4.67. The molecule has 0 radical (unpaired) electrons. The van der Waals surface area contributed by atoms with E-state index in [0.29, 0.717) is 28.4 Å². The van der Waals surface area contributed by atoms with Crippen LogP contribution in [0.1, 0.15) is 5.82 Å². The first-order valence-electron chi connectivity index (χ1n) is 6.56. The summed E-state index contributed by atoms with van der Waals surface area (Å²) in [5, 5.41) is 8.27. The second kappa shape index (κ2) is 4.69. The molecular formula is C14H10FN7. The predicted molar refractivity (Wildman–Crippen MR) is 75.8 cm³/mol. The van der Waals surface area contributed by atoms with Crippen molar-refractivity contribution in [3.8, 4) is 17.1 Å². The van der Waals surface area contributed by atoms with Crippen molar-refractivity contribution in [1.29, 1.82) is 0 Å². The van der Waals surface area contributed by atoms with Crippen LogP contribution in [0.3, 0.4) is 0 Å². The van der Waals surface area contributed by atoms with Crippen LogP contribution in [-0.4, -0.2) is 34.3 Å². The van der Waals surface area contributed by atoms with Crippen LogP contribution in [0.5, 0.6) is 0 Å². The molecule has 22 heavy (non-hydrogen) atoms. The Balaban J connectivity index is 2.10. The van der Waals surface area contributed by atoms with E-state index in [9.17, 15) is 4.39 Å². The lowest BCUT2D eigenvalue weighted by molar-refractivity contribution is 0.631. The zero-order valence-corrected chi connectivity index (χ0v) is 11.5. The summed E-state index contributed by atoms with van der Waals surface area (Å²) >= 11 is 0. The van der Waals surface area contributed by atoms with Crippen molar-refractivity contribution in [3.63, 3.8) is 0 Å². The summed E-state index contributed by atoms with van der Waals surface area (Å²) in [6, 6.07) is 6.47. The van der Waals surface area contributed by atoms with Gasteiger partial charge in [0, 0.05) is 5.56 Å². The van der Waals surface area contributed by atoms with Gasteiger partial charge in [-0.05, 0) is 19.1 Å². The van der Waals surface area contributed by atoms with Gasteiger partial charge in [-0.15, -0.1) is 0 Å². The summed E-state index contributed by atoms with van der Waals surface area (Å²) in [6.07, 6.45) is 4.34. The van der Waals surface area contributed by atoms with Gasteiger partial charge in [-0.2, -0.15) is 10.2 Å². The molecule has 0 spiro atoms. The Hall–Kier alpha value is -3.16. The molecule has 1 aromatic carbocycles. The van der Waals surface area contributed by atoms with E-state index in [1.54, 1.807) is 29.6 Å². The number of fused-ring (bicyclic) bond motifs is 1. The van der Waals surface area contributed by atoms with Gasteiger partial charge in [0.2, 0.25) is 0 Å². The van der Waals surface area contributed by atoms with E-state index in [1.807, 2.05) is 0 Å². The Kier molecular flexibility index (Phi) is 2.68. The van der Waals surface area contributed by atoms with Gasteiger partial charge in [0.15, 0.2) is 5.82 Å². The molecule has 0 unspecified atom stereocenters. The van der Waals surface area contributed by atoms with Crippen LogP contribution >= 0.6 is 0 Å². The van der Waals surface area contributed by atoms with Gasteiger partial charge in [-0.25, -0.2) is 28.5 Å². The van der Waals surface area contributed by atoms with Crippen molar-refractivity contribution in [2.45, 2.75) is 6.92 Å². The maximum Gasteiger partial charge on any atom is 0.185 e. The first-order chi connectivity index (χ1) is 10.8. The number of imidazole rings is 1. The molecule has 0 bridgehead atoms. The molecule has 0 atom stereocenters. The second-order valence-corrected chi connectivity index (χ2v) is 4.67. The van der Waals surface area contributed by atoms with E-state index in [-0.39, 0.29) is 5.82 Å². The van der Waals surface area contributed by atoms with E-state index < -0.39 is 0 Å². The highest BCUT2D eigenvalue weighted by Crippen LogP contribution is 2.29. The molecular weight excluding hydrogens is 285 g/mol. The van der Waals surface area contributed by atoms with Crippen LogP contribution in [-0.2, 0) is 0 Å². The smallest absolute Gasteiger partial charge is 0.185 e. The maximum absolute atomic E-state index is 14.2. The van der Waals surface area contributed by atoms with Crippen molar-refractivity contribution >= 4 is 5.52 Å². The summed E-state index contributed by atoms with van der Waals surface area (Å²) < 4.78 is 17.3. The van der Waals surface area contributed by atoms with E-state index in [4.69, 9.17) is 0 Å². The van der Waals surface area contributed by atoms with Crippen molar-refractivity contribution < 1.29 is 4.39 Å². The third kappa shape index (κ3) is 1.77. The van der Waals surface area contributed by atoms with Crippen LogP contribution < -0.4 is 0 Å². The normalized spacial score (nSPS) is 11.2. The molecule has 0 saturated heterocycles. The number of aryl methyl sites for hydroxylation is 1. The number of nitrogens with zero attached hydrogens (tertiary/aromatic N) is 7. The minimum atomic E-state index is -0.351. The SMILES string of the molecule is Cc1nc(-c2ccccc2F)c2c(-n3cncn3)ncnn12. The minimum absolute atomic E-state index is 0.351. The maximum atomic E-state index is 14.2. The largest absolute Gasteiger partial charge is 0.231 e. The molecule has 0 saturated carbocycles. The Bertz CT molecular complexity index is 959. The lowest BCUT2D eigenvalue weighted by Gasteiger charge is -2.05. The third-order valence-electron chi connectivity index (χ3n) is 3.34. The van der Waals surface area contributed by atoms with Crippen LogP contribution in [0.2, 0.25) is 0 Å². The summed E-state index contributed by atoms with van der Waals surface area (Å²) in [5.41, 5.74) is 1.45. The Morgan fingerprint density at radius 3 is 2.73 bits per heavy atom. The van der Waals surface area contributed by atoms with Gasteiger partial charge in [-0.3, -0.25) is 0 Å². The van der Waals surface area contributed by atoms with Gasteiger partial charge in [0.05, 0.1) is 0 Å². The molecule has 7 nitrogen and oxygen atoms in total. The zero-order valence-electron chi connectivity index (χ0n) is 11.5. The minimum Gasteiger partial charge on any atom is -0.231 e. The molecule has 3 heterocycles. The molecule has 0 fully saturated rings. The lowest BCUT2D eigenvalue weighted by Crippen LogP contribution is -2.05. The number of rotatable bonds is 2. The molecule has 4 aromatic rings. The first kappa shape index (κ1) is 12.6. The number of halogens is 1. The number of hydrogen-bond acceptors (Lipinski definition) is 5. The van der Waals surface area contributed by atoms with Crippen molar-refractivity contribution in [2.75, 3.05) is 0 Å². The topological polar surface area (TPSA) is 73.8 Å².